The van der Waals surface area contributed by atoms with Crippen molar-refractivity contribution in [3.8, 4) is 0 Å². The Kier molecular flexibility index (Phi) is 4.58. The highest BCUT2D eigenvalue weighted by Crippen LogP contribution is 2.15. The first-order valence-corrected chi connectivity index (χ1v) is 8.34. The average molecular weight is 318 g/mol. The molecule has 0 bridgehead atoms. The summed E-state index contributed by atoms with van der Waals surface area (Å²) in [6, 6.07) is 3.16. The number of sulfonamides is 1. The van der Waals surface area contributed by atoms with Gasteiger partial charge in [-0.25, -0.2) is 21.5 Å². The number of piperidine rings is 1. The lowest BCUT2D eigenvalue weighted by Crippen LogP contribution is -2.46. The number of benzene rings is 1. The maximum atomic E-state index is 13.5. The van der Waals surface area contributed by atoms with E-state index >= 15 is 0 Å². The van der Waals surface area contributed by atoms with Crippen LogP contribution < -0.4 is 5.32 Å². The van der Waals surface area contributed by atoms with Gasteiger partial charge in [0.2, 0.25) is 10.0 Å². The van der Waals surface area contributed by atoms with Crippen molar-refractivity contribution in [1.82, 2.24) is 9.62 Å². The number of rotatable bonds is 3. The molecule has 5 nitrogen and oxygen atoms in total. The van der Waals surface area contributed by atoms with E-state index in [1.165, 1.54) is 16.4 Å². The minimum absolute atomic E-state index is 0.252. The second kappa shape index (κ2) is 6.07. The number of hydrogen-bond acceptors (Lipinski definition) is 3. The normalized spacial score (nSPS) is 17.7. The first-order chi connectivity index (χ1) is 9.79. The van der Waals surface area contributed by atoms with Crippen molar-refractivity contribution in [2.75, 3.05) is 19.3 Å². The third-order valence-electron chi connectivity index (χ3n) is 3.45. The zero-order chi connectivity index (χ0) is 15.6. The molecule has 8 heteroatoms. The van der Waals surface area contributed by atoms with Crippen LogP contribution in [0.15, 0.2) is 18.2 Å². The van der Waals surface area contributed by atoms with Crippen molar-refractivity contribution in [1.29, 1.82) is 0 Å². The molecule has 0 atom stereocenters. The molecule has 0 saturated carbocycles. The van der Waals surface area contributed by atoms with Crippen LogP contribution in [0.4, 0.5) is 8.78 Å². The summed E-state index contributed by atoms with van der Waals surface area (Å²) in [4.78, 5) is 11.9. The third kappa shape index (κ3) is 3.76. The van der Waals surface area contributed by atoms with Crippen LogP contribution in [0.1, 0.15) is 23.2 Å². The minimum atomic E-state index is -3.23. The van der Waals surface area contributed by atoms with Crippen LogP contribution in [0.5, 0.6) is 0 Å². The molecule has 0 aliphatic carbocycles. The van der Waals surface area contributed by atoms with E-state index in [0.717, 1.165) is 12.3 Å². The smallest absolute Gasteiger partial charge is 0.254 e. The van der Waals surface area contributed by atoms with Gasteiger partial charge in [-0.1, -0.05) is 6.07 Å². The molecule has 1 saturated heterocycles. The maximum absolute atomic E-state index is 13.5. The molecule has 0 aromatic heterocycles. The van der Waals surface area contributed by atoms with Gasteiger partial charge in [-0.15, -0.1) is 0 Å². The summed E-state index contributed by atoms with van der Waals surface area (Å²) in [5.74, 6) is -2.94. The monoisotopic (exact) mass is 318 g/mol. The van der Waals surface area contributed by atoms with Crippen LogP contribution in [0.25, 0.3) is 0 Å². The molecule has 1 aromatic rings. The van der Waals surface area contributed by atoms with E-state index in [9.17, 15) is 22.0 Å². The molecule has 1 heterocycles. The predicted octanol–water partition coefficient (Wildman–Crippen LogP) is 1.12. The lowest BCUT2D eigenvalue weighted by molar-refractivity contribution is 0.0918. The Morgan fingerprint density at radius 3 is 2.48 bits per heavy atom. The van der Waals surface area contributed by atoms with Crippen molar-refractivity contribution in [2.24, 2.45) is 0 Å². The number of carbonyl (C=O) groups is 1. The van der Waals surface area contributed by atoms with Crippen LogP contribution in [0.2, 0.25) is 0 Å². The van der Waals surface area contributed by atoms with Gasteiger partial charge in [-0.2, -0.15) is 0 Å². The van der Waals surface area contributed by atoms with Gasteiger partial charge in [0.15, 0.2) is 11.6 Å². The fraction of sp³-hybridized carbons (Fsp3) is 0.462. The zero-order valence-electron chi connectivity index (χ0n) is 11.5. The molecule has 0 unspecified atom stereocenters. The number of amides is 1. The average Bonchev–Trinajstić information content (AvgIpc) is 2.41. The lowest BCUT2D eigenvalue weighted by atomic mass is 10.1. The van der Waals surface area contributed by atoms with Gasteiger partial charge in [0.25, 0.3) is 5.91 Å². The zero-order valence-corrected chi connectivity index (χ0v) is 12.3. The van der Waals surface area contributed by atoms with Crippen LogP contribution in [0.3, 0.4) is 0 Å². The molecule has 1 fully saturated rings. The summed E-state index contributed by atoms with van der Waals surface area (Å²) in [5, 5.41) is 2.61. The summed E-state index contributed by atoms with van der Waals surface area (Å²) >= 11 is 0. The molecule has 21 heavy (non-hydrogen) atoms. The second-order valence-electron chi connectivity index (χ2n) is 5.01. The molecule has 1 aliphatic heterocycles. The van der Waals surface area contributed by atoms with Crippen LogP contribution in [-0.2, 0) is 10.0 Å². The lowest BCUT2D eigenvalue weighted by Gasteiger charge is -2.30. The highest BCUT2D eigenvalue weighted by Gasteiger charge is 2.26. The van der Waals surface area contributed by atoms with Crippen molar-refractivity contribution in [3.05, 3.63) is 35.4 Å². The number of hydrogen-bond donors (Lipinski definition) is 1. The summed E-state index contributed by atoms with van der Waals surface area (Å²) in [7, 11) is -3.23. The fourth-order valence-electron chi connectivity index (χ4n) is 2.27. The molecule has 1 aromatic carbocycles. The molecule has 1 aliphatic rings. The molecule has 2 rings (SSSR count). The van der Waals surface area contributed by atoms with Crippen molar-refractivity contribution < 1.29 is 22.0 Å². The topological polar surface area (TPSA) is 66.5 Å². The maximum Gasteiger partial charge on any atom is 0.254 e. The third-order valence-corrected chi connectivity index (χ3v) is 4.76. The molecule has 0 radical (unpaired) electrons. The molecular weight excluding hydrogens is 302 g/mol. The summed E-state index contributed by atoms with van der Waals surface area (Å²) in [5.41, 5.74) is -0.347. The Morgan fingerprint density at radius 2 is 1.90 bits per heavy atom. The predicted molar refractivity (Wildman–Crippen MR) is 73.3 cm³/mol. The molecule has 0 spiro atoms. The second-order valence-corrected chi connectivity index (χ2v) is 6.99. The quantitative estimate of drug-likeness (QED) is 0.908. The van der Waals surface area contributed by atoms with Crippen LogP contribution in [-0.4, -0.2) is 44.0 Å². The van der Waals surface area contributed by atoms with Gasteiger partial charge < -0.3 is 5.32 Å². The summed E-state index contributed by atoms with van der Waals surface area (Å²) < 4.78 is 50.6. The van der Waals surface area contributed by atoms with Gasteiger partial charge >= 0.3 is 0 Å². The Balaban J connectivity index is 1.98. The molecule has 1 N–H and O–H groups in total. The van der Waals surface area contributed by atoms with Gasteiger partial charge in [0.05, 0.1) is 11.8 Å². The van der Waals surface area contributed by atoms with E-state index in [-0.39, 0.29) is 11.6 Å². The van der Waals surface area contributed by atoms with Crippen molar-refractivity contribution >= 4 is 15.9 Å². The fourth-order valence-corrected chi connectivity index (χ4v) is 3.15. The molecule has 1 amide bonds. The van der Waals surface area contributed by atoms with Crippen molar-refractivity contribution in [2.45, 2.75) is 18.9 Å². The highest BCUT2D eigenvalue weighted by atomic mass is 32.2. The van der Waals surface area contributed by atoms with Gasteiger partial charge in [-0.05, 0) is 25.0 Å². The summed E-state index contributed by atoms with van der Waals surface area (Å²) in [6.45, 7) is 0.602. The number of halogens is 2. The van der Waals surface area contributed by atoms with E-state index in [2.05, 4.69) is 5.32 Å². The molecular formula is C13H16F2N2O3S. The Bertz CT molecular complexity index is 641. The van der Waals surface area contributed by atoms with E-state index in [1.54, 1.807) is 0 Å². The minimum Gasteiger partial charge on any atom is -0.349 e. The van der Waals surface area contributed by atoms with E-state index < -0.39 is 27.6 Å². The largest absolute Gasteiger partial charge is 0.349 e. The van der Waals surface area contributed by atoms with Gasteiger partial charge in [0.1, 0.15) is 0 Å². The Hall–Kier alpha value is -1.54. The molecule has 116 valence electrons. The first kappa shape index (κ1) is 15.8. The van der Waals surface area contributed by atoms with E-state index in [0.29, 0.717) is 25.9 Å². The SMILES string of the molecule is CS(=O)(=O)N1CCC(NC(=O)c2cccc(F)c2F)CC1. The van der Waals surface area contributed by atoms with E-state index in [1.807, 2.05) is 0 Å². The van der Waals surface area contributed by atoms with Crippen molar-refractivity contribution in [3.63, 3.8) is 0 Å². The number of nitrogens with zero attached hydrogens (tertiary/aromatic N) is 1. The number of nitrogens with one attached hydrogen (secondary N) is 1. The first-order valence-electron chi connectivity index (χ1n) is 6.49. The van der Waals surface area contributed by atoms with Crippen LogP contribution >= 0.6 is 0 Å². The highest BCUT2D eigenvalue weighted by molar-refractivity contribution is 7.88. The van der Waals surface area contributed by atoms with E-state index in [4.69, 9.17) is 0 Å². The Labute approximate surface area is 122 Å². The summed E-state index contributed by atoms with van der Waals surface area (Å²) in [6.07, 6.45) is 2.01. The van der Waals surface area contributed by atoms with Crippen LogP contribution in [0, 0.1) is 11.6 Å². The Morgan fingerprint density at radius 1 is 1.29 bits per heavy atom. The van der Waals surface area contributed by atoms with Gasteiger partial charge in [0, 0.05) is 19.1 Å². The number of carbonyl (C=O) groups excluding carboxylic acids is 1. The standard InChI is InChI=1S/C13H16F2N2O3S/c1-21(19,20)17-7-5-9(6-8-17)16-13(18)10-3-2-4-11(14)12(10)15/h2-4,9H,5-8H2,1H3,(H,16,18). The van der Waals surface area contributed by atoms with Gasteiger partial charge in [-0.3, -0.25) is 4.79 Å².